The minimum atomic E-state index is -0.704. The topological polar surface area (TPSA) is 158 Å². The Morgan fingerprint density at radius 3 is 1.73 bits per heavy atom. The Morgan fingerprint density at radius 1 is 0.700 bits per heavy atom. The van der Waals surface area contributed by atoms with Crippen LogP contribution < -0.4 is 10.6 Å². The summed E-state index contributed by atoms with van der Waals surface area (Å²) in [4.78, 5) is 69.8. The van der Waals surface area contributed by atoms with Crippen LogP contribution in [0, 0.1) is 11.8 Å². The van der Waals surface area contributed by atoms with Gasteiger partial charge in [0.2, 0.25) is 11.8 Å². The number of H-pyrrole nitrogens is 1. The first kappa shape index (κ1) is 42.4. The van der Waals surface area contributed by atoms with Crippen LogP contribution in [0.25, 0.3) is 33.3 Å². The Morgan fingerprint density at radius 2 is 1.20 bits per heavy atom. The molecule has 318 valence electrons. The number of benzene rings is 3. The van der Waals surface area contributed by atoms with Gasteiger partial charge in [0, 0.05) is 24.2 Å². The fourth-order valence-electron chi connectivity index (χ4n) is 9.37. The van der Waals surface area contributed by atoms with Gasteiger partial charge < -0.3 is 34.9 Å². The number of aliphatic imine (C=N–C) groups is 1. The van der Waals surface area contributed by atoms with Gasteiger partial charge >= 0.3 is 12.2 Å². The molecule has 3 aliphatic rings. The standard InChI is InChI=1S/C47H59N7O6/c1-9-33-17-21-39(53(33)44(55)41(26(3)4)51-46(57)59-7)38-25-32-23-30(15-19-35(32)48-38)28-11-13-29(14-12-28)31-16-20-36-37(24-31)50-43(49-36)40-22-18-34(10-2)54(40)45(56)42(27(5)6)52-47(58)60-8/h11-16,19-20,23-24,26-27,33-34,39-42H,9-10,17-18,21-22,25H2,1-8H3,(H,49,50)(H,51,57)(H,52,58)/t33-,34-,39+,40?,41+,42+/m1/s1. The van der Waals surface area contributed by atoms with E-state index in [9.17, 15) is 19.2 Å². The smallest absolute Gasteiger partial charge is 0.407 e. The summed E-state index contributed by atoms with van der Waals surface area (Å²) >= 11 is 0. The molecule has 3 aromatic carbocycles. The average Bonchev–Trinajstić information content (AvgIpc) is 4.07. The van der Waals surface area contributed by atoms with Crippen molar-refractivity contribution in [3.05, 3.63) is 72.1 Å². The Labute approximate surface area is 352 Å². The van der Waals surface area contributed by atoms with Crippen molar-refractivity contribution in [3.63, 3.8) is 0 Å². The van der Waals surface area contributed by atoms with Gasteiger partial charge in [-0.15, -0.1) is 0 Å². The molecular weight excluding hydrogens is 759 g/mol. The largest absolute Gasteiger partial charge is 0.453 e. The van der Waals surface area contributed by atoms with Crippen LogP contribution in [0.5, 0.6) is 0 Å². The van der Waals surface area contributed by atoms with E-state index >= 15 is 0 Å². The van der Waals surface area contributed by atoms with Gasteiger partial charge in [-0.05, 0) is 102 Å². The second-order valence-electron chi connectivity index (χ2n) is 17.1. The third-order valence-corrected chi connectivity index (χ3v) is 12.7. The highest BCUT2D eigenvalue weighted by Gasteiger charge is 2.44. The zero-order valence-corrected chi connectivity index (χ0v) is 36.1. The number of carbonyl (C=O) groups is 4. The van der Waals surface area contributed by atoms with E-state index < -0.39 is 24.3 Å². The monoisotopic (exact) mass is 817 g/mol. The highest BCUT2D eigenvalue weighted by molar-refractivity contribution is 6.01. The van der Waals surface area contributed by atoms with Crippen molar-refractivity contribution < 1.29 is 28.7 Å². The summed E-state index contributed by atoms with van der Waals surface area (Å²) in [7, 11) is 2.62. The van der Waals surface area contributed by atoms with Gasteiger partial charge in [0.15, 0.2) is 0 Å². The van der Waals surface area contributed by atoms with E-state index in [0.29, 0.717) is 6.42 Å². The van der Waals surface area contributed by atoms with Gasteiger partial charge in [0.1, 0.15) is 17.9 Å². The van der Waals surface area contributed by atoms with Gasteiger partial charge in [-0.2, -0.15) is 0 Å². The molecule has 0 saturated carbocycles. The second-order valence-corrected chi connectivity index (χ2v) is 17.1. The molecule has 0 radical (unpaired) electrons. The van der Waals surface area contributed by atoms with Crippen LogP contribution in [-0.2, 0) is 25.5 Å². The average molecular weight is 818 g/mol. The predicted molar refractivity (Wildman–Crippen MR) is 233 cm³/mol. The maximum atomic E-state index is 14.0. The number of hydrogen-bond donors (Lipinski definition) is 3. The number of likely N-dealkylation sites (tertiary alicyclic amines) is 2. The summed E-state index contributed by atoms with van der Waals surface area (Å²) < 4.78 is 9.67. The molecule has 2 saturated heterocycles. The molecule has 0 aliphatic carbocycles. The number of aromatic nitrogens is 2. The molecule has 3 aliphatic heterocycles. The summed E-state index contributed by atoms with van der Waals surface area (Å²) in [5.41, 5.74) is 9.10. The van der Waals surface area contributed by atoms with E-state index in [1.54, 1.807) is 0 Å². The van der Waals surface area contributed by atoms with Gasteiger partial charge in [-0.25, -0.2) is 14.6 Å². The number of imidazole rings is 1. The van der Waals surface area contributed by atoms with Crippen LogP contribution >= 0.6 is 0 Å². The molecule has 60 heavy (non-hydrogen) atoms. The quantitative estimate of drug-likeness (QED) is 0.129. The lowest BCUT2D eigenvalue weighted by Crippen LogP contribution is -2.55. The van der Waals surface area contributed by atoms with E-state index in [0.717, 1.165) is 94.6 Å². The van der Waals surface area contributed by atoms with Crippen molar-refractivity contribution in [1.29, 1.82) is 0 Å². The number of alkyl carbamates (subject to hydrolysis) is 2. The summed E-state index contributed by atoms with van der Waals surface area (Å²) in [6.45, 7) is 11.9. The molecule has 0 spiro atoms. The molecule has 1 unspecified atom stereocenters. The van der Waals surface area contributed by atoms with Crippen LogP contribution in [0.1, 0.15) is 97.5 Å². The van der Waals surface area contributed by atoms with Crippen LogP contribution in [0.4, 0.5) is 15.3 Å². The van der Waals surface area contributed by atoms with Crippen LogP contribution in [0.3, 0.4) is 0 Å². The first-order valence-corrected chi connectivity index (χ1v) is 21.5. The molecule has 2 fully saturated rings. The molecule has 13 heteroatoms. The SMILES string of the molecule is CC[C@@H]1CCC(c2nc3ccc(-c4ccc(-c5ccc6c(c5)CC([C@@H]5CC[C@@H](CC)N5C(=O)[C@@H](NC(=O)OC)C(C)C)=N6)cc4)cc3[nH]2)N1C(=O)[C@@H](NC(=O)OC)C(C)C. The molecule has 1 aromatic heterocycles. The van der Waals surface area contributed by atoms with E-state index in [1.165, 1.54) is 14.2 Å². The van der Waals surface area contributed by atoms with Crippen molar-refractivity contribution in [3.8, 4) is 22.3 Å². The minimum absolute atomic E-state index is 0.0495. The number of fused-ring (bicyclic) bond motifs is 2. The van der Waals surface area contributed by atoms with E-state index in [-0.39, 0.29) is 47.8 Å². The first-order valence-electron chi connectivity index (χ1n) is 21.5. The van der Waals surface area contributed by atoms with Crippen molar-refractivity contribution in [2.75, 3.05) is 14.2 Å². The highest BCUT2D eigenvalue weighted by Crippen LogP contribution is 2.40. The van der Waals surface area contributed by atoms with Crippen LogP contribution in [0.15, 0.2) is 65.7 Å². The lowest BCUT2D eigenvalue weighted by atomic mass is 9.96. The number of carbonyl (C=O) groups excluding carboxylic acids is 4. The molecule has 7 rings (SSSR count). The number of rotatable bonds is 12. The molecule has 4 aromatic rings. The molecule has 4 heterocycles. The molecule has 13 nitrogen and oxygen atoms in total. The van der Waals surface area contributed by atoms with Crippen molar-refractivity contribution >= 4 is 46.4 Å². The fourth-order valence-corrected chi connectivity index (χ4v) is 9.37. The lowest BCUT2D eigenvalue weighted by Gasteiger charge is -2.34. The number of nitrogens with one attached hydrogen (secondary N) is 3. The van der Waals surface area contributed by atoms with Crippen molar-refractivity contribution in [2.45, 2.75) is 123 Å². The Bertz CT molecular complexity index is 2270. The number of amides is 4. The van der Waals surface area contributed by atoms with Gasteiger partial charge in [0.05, 0.1) is 43.0 Å². The number of methoxy groups -OCH3 is 2. The predicted octanol–water partition coefficient (Wildman–Crippen LogP) is 8.50. The fraction of sp³-hybridized carbons (Fsp3) is 0.489. The third kappa shape index (κ3) is 8.35. The first-order chi connectivity index (χ1) is 28.8. The second kappa shape index (κ2) is 17.9. The highest BCUT2D eigenvalue weighted by atomic mass is 16.5. The summed E-state index contributed by atoms with van der Waals surface area (Å²) in [5, 5.41) is 5.53. The normalized spacial score (nSPS) is 20.9. The number of nitrogens with zero attached hydrogens (tertiary/aromatic N) is 4. The van der Waals surface area contributed by atoms with E-state index in [1.807, 2.05) is 43.6 Å². The van der Waals surface area contributed by atoms with Crippen LogP contribution in [-0.4, -0.2) is 93.9 Å². The zero-order chi connectivity index (χ0) is 42.8. The van der Waals surface area contributed by atoms with Gasteiger partial charge in [0.25, 0.3) is 0 Å². The molecular formula is C47H59N7O6. The molecule has 3 N–H and O–H groups in total. The van der Waals surface area contributed by atoms with Crippen LogP contribution in [0.2, 0.25) is 0 Å². The van der Waals surface area contributed by atoms with Gasteiger partial charge in [-0.1, -0.05) is 77.9 Å². The summed E-state index contributed by atoms with van der Waals surface area (Å²) in [5.74, 6) is 0.328. The van der Waals surface area contributed by atoms with E-state index in [2.05, 4.69) is 84.1 Å². The Balaban J connectivity index is 1.06. The number of hydrogen-bond acceptors (Lipinski definition) is 8. The van der Waals surface area contributed by atoms with Crippen molar-refractivity contribution in [1.82, 2.24) is 30.4 Å². The lowest BCUT2D eigenvalue weighted by molar-refractivity contribution is -0.138. The molecule has 0 bridgehead atoms. The van der Waals surface area contributed by atoms with E-state index in [4.69, 9.17) is 19.5 Å². The maximum absolute atomic E-state index is 14.0. The number of aromatic amines is 1. The molecule has 6 atom stereocenters. The van der Waals surface area contributed by atoms with Gasteiger partial charge in [-0.3, -0.25) is 14.6 Å². The zero-order valence-electron chi connectivity index (χ0n) is 36.1. The van der Waals surface area contributed by atoms with Crippen molar-refractivity contribution in [2.24, 2.45) is 16.8 Å². The Kier molecular flexibility index (Phi) is 12.6. The number of ether oxygens (including phenoxy) is 2. The minimum Gasteiger partial charge on any atom is -0.453 e. The summed E-state index contributed by atoms with van der Waals surface area (Å²) in [6, 6.07) is 19.5. The summed E-state index contributed by atoms with van der Waals surface area (Å²) in [6.07, 6.45) is 4.47. The Hall–Kier alpha value is -5.72. The third-order valence-electron chi connectivity index (χ3n) is 12.7. The molecule has 4 amide bonds. The maximum Gasteiger partial charge on any atom is 0.407 e.